The second-order valence-electron chi connectivity index (χ2n) is 7.29. The van der Waals surface area contributed by atoms with E-state index in [1.54, 1.807) is 22.8 Å². The molecule has 0 saturated heterocycles. The van der Waals surface area contributed by atoms with E-state index in [1.807, 2.05) is 48.5 Å². The van der Waals surface area contributed by atoms with Gasteiger partial charge in [-0.05, 0) is 23.8 Å². The predicted molar refractivity (Wildman–Crippen MR) is 111 cm³/mol. The van der Waals surface area contributed by atoms with Crippen molar-refractivity contribution in [3.63, 3.8) is 0 Å². The molecule has 29 heavy (non-hydrogen) atoms. The van der Waals surface area contributed by atoms with Crippen LogP contribution in [-0.4, -0.2) is 33.6 Å². The van der Waals surface area contributed by atoms with Crippen LogP contribution in [0.3, 0.4) is 0 Å². The molecule has 1 N–H and O–H groups in total. The number of carbonyl (C=O) groups excluding carboxylic acids is 2. The molecule has 8 heteroatoms. The summed E-state index contributed by atoms with van der Waals surface area (Å²) in [6.07, 6.45) is 1.75. The minimum absolute atomic E-state index is 0.0612. The lowest BCUT2D eigenvalue weighted by Crippen LogP contribution is -2.45. The molecular formula is C21H15N5O2S. The number of hydrogen-bond donors (Lipinski definition) is 1. The molecule has 0 unspecified atom stereocenters. The van der Waals surface area contributed by atoms with Gasteiger partial charge >= 0.3 is 0 Å². The Hall–Kier alpha value is -3.52. The fourth-order valence-electron chi connectivity index (χ4n) is 4.46. The molecule has 0 radical (unpaired) electrons. The van der Waals surface area contributed by atoms with Crippen LogP contribution in [0.2, 0.25) is 0 Å². The number of rotatable bonds is 1. The zero-order chi connectivity index (χ0) is 19.8. The molecule has 2 aromatic carbocycles. The second-order valence-corrected chi connectivity index (χ2v) is 8.30. The molecule has 0 bridgehead atoms. The first-order valence-corrected chi connectivity index (χ1v) is 10.0. The van der Waals surface area contributed by atoms with Crippen LogP contribution in [0.15, 0.2) is 54.7 Å². The van der Waals surface area contributed by atoms with Gasteiger partial charge in [-0.25, -0.2) is 4.98 Å². The van der Waals surface area contributed by atoms with Crippen molar-refractivity contribution in [3.05, 3.63) is 65.9 Å². The molecule has 2 amide bonds. The number of carbonyl (C=O) groups is 2. The summed E-state index contributed by atoms with van der Waals surface area (Å²) in [6, 6.07) is 15.5. The predicted octanol–water partition coefficient (Wildman–Crippen LogP) is 3.09. The summed E-state index contributed by atoms with van der Waals surface area (Å²) in [7, 11) is 1.75. The molecule has 1 atom stereocenters. The van der Waals surface area contributed by atoms with Crippen LogP contribution in [-0.2, 0) is 15.0 Å². The minimum atomic E-state index is -1.06. The molecule has 2 aliphatic rings. The van der Waals surface area contributed by atoms with Crippen molar-refractivity contribution < 1.29 is 9.59 Å². The highest BCUT2D eigenvalue weighted by Gasteiger charge is 2.56. The number of nitrogens with zero attached hydrogens (tertiary/aromatic N) is 4. The monoisotopic (exact) mass is 401 g/mol. The smallest absolute Gasteiger partial charge is 0.242 e. The number of anilines is 2. The van der Waals surface area contributed by atoms with Crippen LogP contribution in [0.1, 0.15) is 17.5 Å². The van der Waals surface area contributed by atoms with Gasteiger partial charge in [0, 0.05) is 24.7 Å². The number of aromatic nitrogens is 3. The Morgan fingerprint density at radius 2 is 1.86 bits per heavy atom. The highest BCUT2D eigenvalue weighted by molar-refractivity contribution is 7.20. The summed E-state index contributed by atoms with van der Waals surface area (Å²) in [5, 5.41) is 8.10. The van der Waals surface area contributed by atoms with Crippen LogP contribution < -0.4 is 10.2 Å². The lowest BCUT2D eigenvalue weighted by molar-refractivity contribution is -0.126. The number of amides is 2. The number of benzene rings is 2. The average molecular weight is 401 g/mol. The van der Waals surface area contributed by atoms with Gasteiger partial charge in [-0.2, -0.15) is 9.78 Å². The molecule has 2 aromatic heterocycles. The van der Waals surface area contributed by atoms with Crippen molar-refractivity contribution in [1.29, 1.82) is 0 Å². The van der Waals surface area contributed by atoms with Gasteiger partial charge in [0.15, 0.2) is 0 Å². The van der Waals surface area contributed by atoms with Crippen molar-refractivity contribution in [2.75, 3.05) is 17.3 Å². The maximum atomic E-state index is 13.4. The first-order valence-electron chi connectivity index (χ1n) is 9.21. The molecule has 4 aromatic rings. The number of nitrogens with one attached hydrogen (secondary N) is 1. The maximum Gasteiger partial charge on any atom is 0.242 e. The molecule has 4 heterocycles. The summed E-state index contributed by atoms with van der Waals surface area (Å²) < 4.78 is 2.66. The standard InChI is InChI=1S/C21H15N5O2S/c1-25-15-8-4-2-6-12(15)21(19(25)28)10-17(27)24-18-13(21)11-22-26(18)20-23-14-7-3-5-9-16(14)29-20/h2-9,11H,10H2,1H3,(H,24,27)/t21-/m0/s1. The normalized spacial score (nSPS) is 20.2. The molecule has 0 aliphatic carbocycles. The van der Waals surface area contributed by atoms with Crippen LogP contribution in [0, 0.1) is 0 Å². The third kappa shape index (κ3) is 2.01. The SMILES string of the molecule is CN1C(=O)[C@@]2(CC(=O)Nc3c2cnn3-c2nc3ccccc3s2)c2ccccc21. The Morgan fingerprint density at radius 3 is 2.72 bits per heavy atom. The number of likely N-dealkylation sites (N-methyl/N-ethyl adjacent to an activating group) is 1. The van der Waals surface area contributed by atoms with Crippen molar-refractivity contribution in [3.8, 4) is 5.13 Å². The van der Waals surface area contributed by atoms with Gasteiger partial charge in [0.2, 0.25) is 16.9 Å². The highest BCUT2D eigenvalue weighted by Crippen LogP contribution is 2.52. The molecule has 1 spiro atoms. The summed E-state index contributed by atoms with van der Waals surface area (Å²) in [4.78, 5) is 32.5. The van der Waals surface area contributed by atoms with E-state index < -0.39 is 5.41 Å². The van der Waals surface area contributed by atoms with Gasteiger partial charge in [0.1, 0.15) is 11.2 Å². The van der Waals surface area contributed by atoms with Gasteiger partial charge < -0.3 is 10.2 Å². The lowest BCUT2D eigenvalue weighted by Gasteiger charge is -2.31. The molecule has 0 fully saturated rings. The largest absolute Gasteiger partial charge is 0.314 e. The van der Waals surface area contributed by atoms with E-state index in [0.29, 0.717) is 16.5 Å². The van der Waals surface area contributed by atoms with Crippen LogP contribution in [0.4, 0.5) is 11.5 Å². The van der Waals surface area contributed by atoms with E-state index in [4.69, 9.17) is 0 Å². The third-order valence-corrected chi connectivity index (χ3v) is 6.78. The molecular weight excluding hydrogens is 386 g/mol. The molecule has 7 nitrogen and oxygen atoms in total. The van der Waals surface area contributed by atoms with Crippen molar-refractivity contribution in [2.45, 2.75) is 11.8 Å². The fourth-order valence-corrected chi connectivity index (χ4v) is 5.39. The maximum absolute atomic E-state index is 13.4. The van der Waals surface area contributed by atoms with Gasteiger partial charge in [-0.1, -0.05) is 41.7 Å². The van der Waals surface area contributed by atoms with E-state index in [9.17, 15) is 9.59 Å². The third-order valence-electron chi connectivity index (χ3n) is 5.77. The number of hydrogen-bond acceptors (Lipinski definition) is 5. The average Bonchev–Trinajstić information content (AvgIpc) is 3.40. The fraction of sp³-hybridized carbons (Fsp3) is 0.143. The summed E-state index contributed by atoms with van der Waals surface area (Å²) in [6.45, 7) is 0. The molecule has 6 rings (SSSR count). The summed E-state index contributed by atoms with van der Waals surface area (Å²) in [5.74, 6) is 0.191. The van der Waals surface area contributed by atoms with E-state index in [-0.39, 0.29) is 18.2 Å². The molecule has 0 saturated carbocycles. The Bertz CT molecular complexity index is 1310. The zero-order valence-corrected chi connectivity index (χ0v) is 16.2. The van der Waals surface area contributed by atoms with Gasteiger partial charge in [0.25, 0.3) is 0 Å². The Kier molecular flexibility index (Phi) is 3.12. The van der Waals surface area contributed by atoms with Gasteiger partial charge in [0.05, 0.1) is 16.4 Å². The van der Waals surface area contributed by atoms with Crippen LogP contribution >= 0.6 is 11.3 Å². The van der Waals surface area contributed by atoms with Crippen LogP contribution in [0.25, 0.3) is 15.3 Å². The van der Waals surface area contributed by atoms with E-state index >= 15 is 0 Å². The van der Waals surface area contributed by atoms with Crippen molar-refractivity contribution in [1.82, 2.24) is 14.8 Å². The first-order chi connectivity index (χ1) is 14.1. The Morgan fingerprint density at radius 1 is 1.07 bits per heavy atom. The zero-order valence-electron chi connectivity index (χ0n) is 15.4. The van der Waals surface area contributed by atoms with Crippen molar-refractivity contribution in [2.24, 2.45) is 0 Å². The minimum Gasteiger partial charge on any atom is -0.314 e. The van der Waals surface area contributed by atoms with Gasteiger partial charge in [-0.15, -0.1) is 0 Å². The van der Waals surface area contributed by atoms with E-state index in [0.717, 1.165) is 21.5 Å². The van der Waals surface area contributed by atoms with Gasteiger partial charge in [-0.3, -0.25) is 9.59 Å². The number of thiazole rings is 1. The lowest BCUT2D eigenvalue weighted by atomic mass is 9.72. The first kappa shape index (κ1) is 16.4. The second kappa shape index (κ2) is 5.51. The highest BCUT2D eigenvalue weighted by atomic mass is 32.1. The van der Waals surface area contributed by atoms with Crippen molar-refractivity contribution >= 4 is 44.9 Å². The number of fused-ring (bicyclic) bond motifs is 5. The quantitative estimate of drug-likeness (QED) is 0.532. The molecule has 2 aliphatic heterocycles. The Balaban J connectivity index is 1.61. The van der Waals surface area contributed by atoms with Crippen LogP contribution in [0.5, 0.6) is 0 Å². The van der Waals surface area contributed by atoms with E-state index in [1.165, 1.54) is 11.3 Å². The summed E-state index contributed by atoms with van der Waals surface area (Å²) in [5.41, 5.74) is 2.19. The Labute approximate surface area is 169 Å². The topological polar surface area (TPSA) is 80.1 Å². The van der Waals surface area contributed by atoms with E-state index in [2.05, 4.69) is 15.4 Å². The number of para-hydroxylation sites is 2. The molecule has 142 valence electrons. The summed E-state index contributed by atoms with van der Waals surface area (Å²) >= 11 is 1.49.